The number of aliphatic hydroxyl groups is 1. The molecule has 1 aliphatic heterocycles. The van der Waals surface area contributed by atoms with Gasteiger partial charge in [-0.15, -0.1) is 0 Å². The first-order valence-electron chi connectivity index (χ1n) is 5.75. The Kier molecular flexibility index (Phi) is 3.49. The van der Waals surface area contributed by atoms with Crippen LogP contribution in [0.2, 0.25) is 0 Å². The van der Waals surface area contributed by atoms with Crippen LogP contribution in [-0.2, 0) is 6.18 Å². The molecule has 0 aliphatic carbocycles. The predicted molar refractivity (Wildman–Crippen MR) is 61.8 cm³/mol. The van der Waals surface area contributed by atoms with Gasteiger partial charge in [-0.05, 0) is 19.0 Å². The number of hydrogen-bond donors (Lipinski definition) is 3. The fourth-order valence-electron chi connectivity index (χ4n) is 2.29. The molecule has 1 heterocycles. The first kappa shape index (κ1) is 13.2. The zero-order valence-corrected chi connectivity index (χ0v) is 9.67. The molecular formula is C12H15F3N2O. The maximum Gasteiger partial charge on any atom is 0.418 e. The Hall–Kier alpha value is -1.27. The van der Waals surface area contributed by atoms with E-state index in [9.17, 15) is 18.3 Å². The van der Waals surface area contributed by atoms with Gasteiger partial charge in [0, 0.05) is 23.7 Å². The van der Waals surface area contributed by atoms with E-state index in [0.717, 1.165) is 19.0 Å². The third kappa shape index (κ3) is 2.44. The van der Waals surface area contributed by atoms with Gasteiger partial charge >= 0.3 is 6.18 Å². The van der Waals surface area contributed by atoms with Crippen molar-refractivity contribution in [3.8, 4) is 0 Å². The molecule has 2 unspecified atom stereocenters. The number of nitrogen functional groups attached to an aromatic ring is 1. The fourth-order valence-corrected chi connectivity index (χ4v) is 2.29. The van der Waals surface area contributed by atoms with Crippen LogP contribution < -0.4 is 11.1 Å². The quantitative estimate of drug-likeness (QED) is 0.712. The molecule has 18 heavy (non-hydrogen) atoms. The smallest absolute Gasteiger partial charge is 0.398 e. The normalized spacial score (nSPS) is 22.1. The lowest BCUT2D eigenvalue weighted by Gasteiger charge is -2.21. The number of halogens is 3. The van der Waals surface area contributed by atoms with Crippen LogP contribution in [0.5, 0.6) is 0 Å². The monoisotopic (exact) mass is 260 g/mol. The van der Waals surface area contributed by atoms with Gasteiger partial charge in [-0.3, -0.25) is 0 Å². The standard InChI is InChI=1S/C12H15F3N2O/c13-12(14,15)9-3-1-2-8(10(9)16)11(18)7-4-5-17-6-7/h1-3,7,11,17-18H,4-6,16H2. The molecule has 6 heteroatoms. The molecule has 1 aromatic carbocycles. The van der Waals surface area contributed by atoms with E-state index in [0.29, 0.717) is 6.54 Å². The molecule has 0 saturated carbocycles. The van der Waals surface area contributed by atoms with Crippen LogP contribution in [0.1, 0.15) is 23.7 Å². The summed E-state index contributed by atoms with van der Waals surface area (Å²) < 4.78 is 38.1. The van der Waals surface area contributed by atoms with Gasteiger partial charge in [0.25, 0.3) is 0 Å². The number of anilines is 1. The van der Waals surface area contributed by atoms with E-state index in [2.05, 4.69) is 5.32 Å². The van der Waals surface area contributed by atoms with Crippen molar-refractivity contribution in [2.45, 2.75) is 18.7 Å². The van der Waals surface area contributed by atoms with Gasteiger partial charge in [0.1, 0.15) is 0 Å². The van der Waals surface area contributed by atoms with Crippen molar-refractivity contribution in [3.05, 3.63) is 29.3 Å². The molecule has 0 radical (unpaired) electrons. The number of benzene rings is 1. The van der Waals surface area contributed by atoms with Gasteiger partial charge in [-0.2, -0.15) is 13.2 Å². The summed E-state index contributed by atoms with van der Waals surface area (Å²) in [6.45, 7) is 1.36. The number of aliphatic hydroxyl groups excluding tert-OH is 1. The molecule has 1 aromatic rings. The lowest BCUT2D eigenvalue weighted by molar-refractivity contribution is -0.137. The summed E-state index contributed by atoms with van der Waals surface area (Å²) in [5.74, 6) is -0.0872. The molecule has 2 atom stereocenters. The Labute approximate surface area is 103 Å². The summed E-state index contributed by atoms with van der Waals surface area (Å²) in [5, 5.41) is 13.2. The minimum atomic E-state index is -4.49. The third-order valence-corrected chi connectivity index (χ3v) is 3.31. The second-order valence-electron chi connectivity index (χ2n) is 4.50. The van der Waals surface area contributed by atoms with E-state index in [1.165, 1.54) is 12.1 Å². The van der Waals surface area contributed by atoms with Crippen LogP contribution in [-0.4, -0.2) is 18.2 Å². The number of nitrogens with one attached hydrogen (secondary N) is 1. The highest BCUT2D eigenvalue weighted by Crippen LogP contribution is 2.38. The van der Waals surface area contributed by atoms with E-state index >= 15 is 0 Å². The second kappa shape index (κ2) is 4.78. The van der Waals surface area contributed by atoms with Crippen molar-refractivity contribution >= 4 is 5.69 Å². The molecule has 100 valence electrons. The number of alkyl halides is 3. The molecule has 3 nitrogen and oxygen atoms in total. The maximum atomic E-state index is 12.7. The highest BCUT2D eigenvalue weighted by molar-refractivity contribution is 5.56. The summed E-state index contributed by atoms with van der Waals surface area (Å²) in [6.07, 6.45) is -4.72. The minimum Gasteiger partial charge on any atom is -0.398 e. The van der Waals surface area contributed by atoms with Crippen LogP contribution >= 0.6 is 0 Å². The molecule has 1 fully saturated rings. The average molecular weight is 260 g/mol. The van der Waals surface area contributed by atoms with Crippen molar-refractivity contribution in [1.29, 1.82) is 0 Å². The summed E-state index contributed by atoms with van der Waals surface area (Å²) in [4.78, 5) is 0. The Bertz CT molecular complexity index is 428. The van der Waals surface area contributed by atoms with Crippen LogP contribution in [0, 0.1) is 5.92 Å². The highest BCUT2D eigenvalue weighted by Gasteiger charge is 2.35. The second-order valence-corrected chi connectivity index (χ2v) is 4.50. The van der Waals surface area contributed by atoms with Crippen LogP contribution in [0.15, 0.2) is 18.2 Å². The molecule has 1 aliphatic rings. The Balaban J connectivity index is 2.33. The number of rotatable bonds is 2. The highest BCUT2D eigenvalue weighted by atomic mass is 19.4. The van der Waals surface area contributed by atoms with Crippen molar-refractivity contribution < 1.29 is 18.3 Å². The van der Waals surface area contributed by atoms with E-state index in [4.69, 9.17) is 5.73 Å². The molecule has 1 saturated heterocycles. The minimum absolute atomic E-state index is 0.0872. The zero-order valence-electron chi connectivity index (χ0n) is 9.67. The van der Waals surface area contributed by atoms with Crippen molar-refractivity contribution in [3.63, 3.8) is 0 Å². The maximum absolute atomic E-state index is 12.7. The van der Waals surface area contributed by atoms with Gasteiger partial charge in [0.2, 0.25) is 0 Å². The van der Waals surface area contributed by atoms with E-state index in [1.54, 1.807) is 0 Å². The first-order valence-corrected chi connectivity index (χ1v) is 5.75. The van der Waals surface area contributed by atoms with Crippen LogP contribution in [0.4, 0.5) is 18.9 Å². The Morgan fingerprint density at radius 3 is 2.67 bits per heavy atom. The molecule has 0 aromatic heterocycles. The summed E-state index contributed by atoms with van der Waals surface area (Å²) in [6, 6.07) is 3.66. The van der Waals surface area contributed by atoms with Gasteiger partial charge in [-0.1, -0.05) is 12.1 Å². The van der Waals surface area contributed by atoms with Crippen LogP contribution in [0.3, 0.4) is 0 Å². The van der Waals surface area contributed by atoms with Crippen molar-refractivity contribution in [2.75, 3.05) is 18.8 Å². The van der Waals surface area contributed by atoms with E-state index in [1.807, 2.05) is 0 Å². The number of nitrogens with two attached hydrogens (primary N) is 1. The largest absolute Gasteiger partial charge is 0.418 e. The summed E-state index contributed by atoms with van der Waals surface area (Å²) in [7, 11) is 0. The third-order valence-electron chi connectivity index (χ3n) is 3.31. The molecule has 0 amide bonds. The fraction of sp³-hybridized carbons (Fsp3) is 0.500. The lowest BCUT2D eigenvalue weighted by Crippen LogP contribution is -2.19. The molecule has 0 bridgehead atoms. The van der Waals surface area contributed by atoms with Gasteiger partial charge in [0.05, 0.1) is 11.7 Å². The SMILES string of the molecule is Nc1c(C(O)C2CCNC2)cccc1C(F)(F)F. The van der Waals surface area contributed by atoms with Crippen molar-refractivity contribution in [2.24, 2.45) is 5.92 Å². The molecular weight excluding hydrogens is 245 g/mol. The number of para-hydroxylation sites is 1. The average Bonchev–Trinajstić information content (AvgIpc) is 2.80. The lowest BCUT2D eigenvalue weighted by atomic mass is 9.92. The summed E-state index contributed by atoms with van der Waals surface area (Å²) >= 11 is 0. The number of hydrogen-bond acceptors (Lipinski definition) is 3. The predicted octanol–water partition coefficient (Wildman–Crippen LogP) is 1.93. The van der Waals surface area contributed by atoms with E-state index < -0.39 is 17.8 Å². The molecule has 0 spiro atoms. The first-order chi connectivity index (χ1) is 8.41. The Morgan fingerprint density at radius 2 is 2.11 bits per heavy atom. The topological polar surface area (TPSA) is 58.3 Å². The van der Waals surface area contributed by atoms with Crippen molar-refractivity contribution in [1.82, 2.24) is 5.32 Å². The zero-order chi connectivity index (χ0) is 13.3. The van der Waals surface area contributed by atoms with Crippen LogP contribution in [0.25, 0.3) is 0 Å². The Morgan fingerprint density at radius 1 is 1.39 bits per heavy atom. The molecule has 2 rings (SSSR count). The molecule has 4 N–H and O–H groups in total. The van der Waals surface area contributed by atoms with Gasteiger partial charge < -0.3 is 16.2 Å². The van der Waals surface area contributed by atoms with Gasteiger partial charge in [-0.25, -0.2) is 0 Å². The van der Waals surface area contributed by atoms with Gasteiger partial charge in [0.15, 0.2) is 0 Å². The van der Waals surface area contributed by atoms with E-state index in [-0.39, 0.29) is 17.2 Å². The summed E-state index contributed by atoms with van der Waals surface area (Å²) in [5.41, 5.74) is 4.45.